The minimum Gasteiger partial charge on any atom is -0.444 e. The summed E-state index contributed by atoms with van der Waals surface area (Å²) >= 11 is 0. The van der Waals surface area contributed by atoms with Gasteiger partial charge in [0.1, 0.15) is 11.2 Å². The Bertz CT molecular complexity index is 1060. The van der Waals surface area contributed by atoms with Gasteiger partial charge in [0.05, 0.1) is 0 Å². The number of aromatic nitrogens is 2. The molecule has 0 saturated carbocycles. The molecule has 7 heteroatoms. The van der Waals surface area contributed by atoms with Gasteiger partial charge in [0.2, 0.25) is 0 Å². The molecule has 1 aliphatic heterocycles. The number of amides is 2. The molecule has 0 unspecified atom stereocenters. The van der Waals surface area contributed by atoms with E-state index < -0.39 is 5.60 Å². The first-order valence-electron chi connectivity index (χ1n) is 10.1. The Morgan fingerprint density at radius 1 is 1.13 bits per heavy atom. The second-order valence-electron chi connectivity index (χ2n) is 8.61. The fraction of sp³-hybridized carbons (Fsp3) is 0.348. The minimum atomic E-state index is -0.485. The number of nitrogens with zero attached hydrogens (tertiary/aromatic N) is 3. The van der Waals surface area contributed by atoms with E-state index in [1.54, 1.807) is 11.1 Å². The molecule has 1 aliphatic rings. The molecule has 1 saturated heterocycles. The third kappa shape index (κ3) is 4.45. The third-order valence-electron chi connectivity index (χ3n) is 5.09. The van der Waals surface area contributed by atoms with Crippen LogP contribution in [0.25, 0.3) is 5.65 Å². The molecule has 3 aromatic rings. The fourth-order valence-corrected chi connectivity index (χ4v) is 3.42. The number of rotatable bonds is 4. The van der Waals surface area contributed by atoms with Crippen molar-refractivity contribution in [1.82, 2.24) is 19.6 Å². The molecular weight excluding hydrogens is 380 g/mol. The summed E-state index contributed by atoms with van der Waals surface area (Å²) in [5, 5.41) is 2.95. The predicted octanol–water partition coefficient (Wildman–Crippen LogP) is 3.60. The molecule has 1 aromatic carbocycles. The minimum absolute atomic E-state index is 0.117. The second kappa shape index (κ2) is 7.82. The van der Waals surface area contributed by atoms with Crippen LogP contribution in [0, 0.1) is 0 Å². The van der Waals surface area contributed by atoms with Crippen molar-refractivity contribution in [2.45, 2.75) is 38.8 Å². The molecule has 7 nitrogen and oxygen atoms in total. The van der Waals surface area contributed by atoms with Crippen LogP contribution in [-0.4, -0.2) is 45.0 Å². The van der Waals surface area contributed by atoms with Crippen molar-refractivity contribution in [1.29, 1.82) is 0 Å². The van der Waals surface area contributed by atoms with Gasteiger partial charge in [-0.1, -0.05) is 12.1 Å². The van der Waals surface area contributed by atoms with Crippen molar-refractivity contribution in [3.8, 4) is 0 Å². The monoisotopic (exact) mass is 406 g/mol. The van der Waals surface area contributed by atoms with Gasteiger partial charge < -0.3 is 19.4 Å². The van der Waals surface area contributed by atoms with E-state index in [9.17, 15) is 9.59 Å². The van der Waals surface area contributed by atoms with Crippen LogP contribution >= 0.6 is 0 Å². The highest BCUT2D eigenvalue weighted by molar-refractivity contribution is 5.94. The van der Waals surface area contributed by atoms with E-state index in [-0.39, 0.29) is 17.9 Å². The van der Waals surface area contributed by atoms with E-state index in [0.717, 1.165) is 16.8 Å². The van der Waals surface area contributed by atoms with Crippen molar-refractivity contribution in [3.63, 3.8) is 0 Å². The zero-order valence-electron chi connectivity index (χ0n) is 17.5. The number of fused-ring (bicyclic) bond motifs is 1. The first-order chi connectivity index (χ1) is 14.3. The lowest BCUT2D eigenvalue weighted by Gasteiger charge is -2.40. The van der Waals surface area contributed by atoms with Gasteiger partial charge >= 0.3 is 6.09 Å². The summed E-state index contributed by atoms with van der Waals surface area (Å²) in [5.74, 6) is 0.157. The SMILES string of the molecule is CC(C)(C)OC(=O)N1CC(c2ccc(C(=O)NCc3ccn4ccnc4c3)cc2)C1. The average molecular weight is 406 g/mol. The first-order valence-corrected chi connectivity index (χ1v) is 10.1. The van der Waals surface area contributed by atoms with E-state index in [1.807, 2.05) is 74.0 Å². The first kappa shape index (κ1) is 19.9. The lowest BCUT2D eigenvalue weighted by Crippen LogP contribution is -2.50. The Labute approximate surface area is 175 Å². The molecular formula is C23H26N4O3. The fourth-order valence-electron chi connectivity index (χ4n) is 3.42. The maximum Gasteiger partial charge on any atom is 0.410 e. The number of likely N-dealkylation sites (tertiary alicyclic amines) is 1. The van der Waals surface area contributed by atoms with Crippen LogP contribution in [-0.2, 0) is 11.3 Å². The van der Waals surface area contributed by atoms with E-state index in [0.29, 0.717) is 25.2 Å². The average Bonchev–Trinajstić information content (AvgIpc) is 3.12. The van der Waals surface area contributed by atoms with Gasteiger partial charge in [-0.15, -0.1) is 0 Å². The van der Waals surface area contributed by atoms with E-state index in [4.69, 9.17) is 4.74 Å². The molecule has 0 bridgehead atoms. The molecule has 156 valence electrons. The molecule has 0 radical (unpaired) electrons. The maximum absolute atomic E-state index is 12.5. The predicted molar refractivity (Wildman–Crippen MR) is 113 cm³/mol. The molecule has 0 atom stereocenters. The van der Waals surface area contributed by atoms with Gasteiger partial charge in [0, 0.05) is 49.7 Å². The molecule has 0 spiro atoms. The summed E-state index contributed by atoms with van der Waals surface area (Å²) in [5.41, 5.74) is 3.10. The van der Waals surface area contributed by atoms with Gasteiger partial charge in [-0.3, -0.25) is 4.79 Å². The second-order valence-corrected chi connectivity index (χ2v) is 8.61. The van der Waals surface area contributed by atoms with Crippen molar-refractivity contribution in [2.75, 3.05) is 13.1 Å². The summed E-state index contributed by atoms with van der Waals surface area (Å²) < 4.78 is 7.31. The third-order valence-corrected chi connectivity index (χ3v) is 5.09. The van der Waals surface area contributed by atoms with Crippen LogP contribution in [0.4, 0.5) is 4.79 Å². The molecule has 4 rings (SSSR count). The summed E-state index contributed by atoms with van der Waals surface area (Å²) in [4.78, 5) is 30.5. The quantitative estimate of drug-likeness (QED) is 0.718. The molecule has 3 heterocycles. The van der Waals surface area contributed by atoms with Crippen LogP contribution in [0.15, 0.2) is 55.0 Å². The molecule has 1 N–H and O–H groups in total. The van der Waals surface area contributed by atoms with Crippen LogP contribution in [0.5, 0.6) is 0 Å². The summed E-state index contributed by atoms with van der Waals surface area (Å²) in [7, 11) is 0. The van der Waals surface area contributed by atoms with Crippen LogP contribution < -0.4 is 5.32 Å². The number of carbonyl (C=O) groups excluding carboxylic acids is 2. The summed E-state index contributed by atoms with van der Waals surface area (Å²) in [6, 6.07) is 11.5. The van der Waals surface area contributed by atoms with E-state index in [2.05, 4.69) is 10.3 Å². The number of carbonyl (C=O) groups is 2. The summed E-state index contributed by atoms with van der Waals surface area (Å²) in [6.45, 7) is 7.30. The van der Waals surface area contributed by atoms with Gasteiger partial charge in [0.25, 0.3) is 5.91 Å². The van der Waals surface area contributed by atoms with Crippen molar-refractivity contribution in [2.24, 2.45) is 0 Å². The highest BCUT2D eigenvalue weighted by Crippen LogP contribution is 2.28. The highest BCUT2D eigenvalue weighted by atomic mass is 16.6. The highest BCUT2D eigenvalue weighted by Gasteiger charge is 2.34. The van der Waals surface area contributed by atoms with Gasteiger partial charge in [-0.2, -0.15) is 0 Å². The Balaban J connectivity index is 1.29. The normalized spacial score (nSPS) is 14.4. The zero-order chi connectivity index (χ0) is 21.3. The molecule has 1 fully saturated rings. The maximum atomic E-state index is 12.5. The Morgan fingerprint density at radius 2 is 1.87 bits per heavy atom. The Kier molecular flexibility index (Phi) is 5.20. The van der Waals surface area contributed by atoms with Crippen LogP contribution in [0.1, 0.15) is 48.2 Å². The number of imidazole rings is 1. The number of hydrogen-bond donors (Lipinski definition) is 1. The van der Waals surface area contributed by atoms with Crippen molar-refractivity contribution < 1.29 is 14.3 Å². The molecule has 0 aliphatic carbocycles. The lowest BCUT2D eigenvalue weighted by atomic mass is 9.91. The molecule has 2 aromatic heterocycles. The van der Waals surface area contributed by atoms with Gasteiger partial charge in [-0.05, 0) is 56.2 Å². The smallest absolute Gasteiger partial charge is 0.410 e. The van der Waals surface area contributed by atoms with Crippen molar-refractivity contribution >= 4 is 17.6 Å². The van der Waals surface area contributed by atoms with E-state index >= 15 is 0 Å². The molecule has 30 heavy (non-hydrogen) atoms. The topological polar surface area (TPSA) is 75.9 Å². The zero-order valence-corrected chi connectivity index (χ0v) is 17.5. The van der Waals surface area contributed by atoms with Crippen LogP contribution in [0.3, 0.4) is 0 Å². The number of hydrogen-bond acceptors (Lipinski definition) is 4. The van der Waals surface area contributed by atoms with Crippen LogP contribution in [0.2, 0.25) is 0 Å². The largest absolute Gasteiger partial charge is 0.444 e. The number of nitrogens with one attached hydrogen (secondary N) is 1. The van der Waals surface area contributed by atoms with E-state index in [1.165, 1.54) is 0 Å². The standard InChI is InChI=1S/C23H26N4O3/c1-23(2,3)30-22(29)27-14-19(15-27)17-4-6-18(7-5-17)21(28)25-13-16-8-10-26-11-9-24-20(26)12-16/h4-12,19H,13-15H2,1-3H3,(H,25,28). The number of ether oxygens (including phenoxy) is 1. The Hall–Kier alpha value is -3.35. The van der Waals surface area contributed by atoms with Crippen molar-refractivity contribution in [3.05, 3.63) is 71.7 Å². The number of pyridine rings is 1. The Morgan fingerprint density at radius 3 is 2.57 bits per heavy atom. The molecule has 2 amide bonds. The summed E-state index contributed by atoms with van der Waals surface area (Å²) in [6.07, 6.45) is 5.28. The van der Waals surface area contributed by atoms with Gasteiger partial charge in [-0.25, -0.2) is 9.78 Å². The van der Waals surface area contributed by atoms with Gasteiger partial charge in [0.15, 0.2) is 0 Å². The lowest BCUT2D eigenvalue weighted by molar-refractivity contribution is 0.00819. The number of benzene rings is 1.